The number of carbonyl (C=O) groups excluding carboxylic acids is 1. The number of thioether (sulfide) groups is 1. The van der Waals surface area contributed by atoms with E-state index in [2.05, 4.69) is 56.5 Å². The van der Waals surface area contributed by atoms with Crippen molar-refractivity contribution in [1.82, 2.24) is 15.2 Å². The topological polar surface area (TPSA) is 83.7 Å². The molecule has 178 valence electrons. The minimum Gasteiger partial charge on any atom is -0.383 e. The van der Waals surface area contributed by atoms with Gasteiger partial charge in [0.25, 0.3) is 5.91 Å². The molecule has 0 spiro atoms. The van der Waals surface area contributed by atoms with Crippen LogP contribution >= 0.6 is 23.1 Å². The lowest BCUT2D eigenvalue weighted by Crippen LogP contribution is -2.36. The number of allylic oxidation sites excluding steroid dienone is 2. The number of morpholine rings is 1. The number of benzene rings is 1. The molecule has 35 heavy (non-hydrogen) atoms. The first kappa shape index (κ1) is 22.2. The number of anilines is 2. The Bertz CT molecular complexity index is 1390. The lowest BCUT2D eigenvalue weighted by Gasteiger charge is -2.28. The predicted octanol–water partition coefficient (Wildman–Crippen LogP) is 4.41. The van der Waals surface area contributed by atoms with Gasteiger partial charge in [-0.1, -0.05) is 23.9 Å². The van der Waals surface area contributed by atoms with Crippen molar-refractivity contribution >= 4 is 50.6 Å². The van der Waals surface area contributed by atoms with Gasteiger partial charge in [-0.25, -0.2) is 4.98 Å². The second-order valence-corrected chi connectivity index (χ2v) is 10.8. The quantitative estimate of drug-likeness (QED) is 0.546. The fourth-order valence-electron chi connectivity index (χ4n) is 4.50. The molecule has 3 aliphatic heterocycles. The number of thiophene rings is 1. The molecule has 1 saturated heterocycles. The van der Waals surface area contributed by atoms with Gasteiger partial charge in [-0.05, 0) is 42.0 Å². The minimum absolute atomic E-state index is 0.133. The molecular weight excluding hydrogens is 478 g/mol. The minimum atomic E-state index is -0.150. The zero-order chi connectivity index (χ0) is 23.9. The number of nitrogens with zero attached hydrogens (tertiary/aromatic N) is 3. The van der Waals surface area contributed by atoms with Gasteiger partial charge in [0.1, 0.15) is 11.2 Å². The van der Waals surface area contributed by atoms with E-state index in [0.29, 0.717) is 11.4 Å². The Labute approximate surface area is 211 Å². The highest BCUT2D eigenvalue weighted by Crippen LogP contribution is 2.40. The highest BCUT2D eigenvalue weighted by Gasteiger charge is 2.27. The van der Waals surface area contributed by atoms with Crippen LogP contribution in [0.5, 0.6) is 0 Å². The molecule has 5 heterocycles. The third-order valence-electron chi connectivity index (χ3n) is 6.38. The van der Waals surface area contributed by atoms with Crippen molar-refractivity contribution in [3.63, 3.8) is 0 Å². The Balaban J connectivity index is 1.26. The summed E-state index contributed by atoms with van der Waals surface area (Å²) in [6, 6.07) is 10.6. The van der Waals surface area contributed by atoms with Crippen molar-refractivity contribution in [2.75, 3.05) is 44.0 Å². The fraction of sp³-hybridized carbons (Fsp3) is 0.231. The Hall–Kier alpha value is -3.27. The number of carbonyl (C=O) groups is 1. The molecule has 0 bridgehead atoms. The van der Waals surface area contributed by atoms with Gasteiger partial charge in [-0.15, -0.1) is 11.3 Å². The number of likely N-dealkylation sites (N-methyl/N-ethyl adjacent to an activating group) is 1. The maximum absolute atomic E-state index is 13.3. The van der Waals surface area contributed by atoms with Crippen molar-refractivity contribution in [3.8, 4) is 10.4 Å². The van der Waals surface area contributed by atoms with Crippen molar-refractivity contribution in [2.45, 2.75) is 5.37 Å². The van der Waals surface area contributed by atoms with E-state index >= 15 is 0 Å². The second kappa shape index (κ2) is 9.07. The number of nitrogens with two attached hydrogens (primary N) is 1. The van der Waals surface area contributed by atoms with Gasteiger partial charge >= 0.3 is 0 Å². The number of nitrogens with one attached hydrogen (secondary N) is 1. The summed E-state index contributed by atoms with van der Waals surface area (Å²) in [6.45, 7) is 3.33. The van der Waals surface area contributed by atoms with Gasteiger partial charge in [0, 0.05) is 53.4 Å². The van der Waals surface area contributed by atoms with Crippen molar-refractivity contribution in [1.29, 1.82) is 0 Å². The smallest absolute Gasteiger partial charge is 0.255 e. The molecule has 1 atom stereocenters. The predicted molar refractivity (Wildman–Crippen MR) is 144 cm³/mol. The molecule has 1 unspecified atom stereocenters. The number of ether oxygens (including phenoxy) is 1. The van der Waals surface area contributed by atoms with Crippen molar-refractivity contribution in [3.05, 3.63) is 77.1 Å². The standard InChI is InChI=1S/C26H25N5O2S2/c1-30-8-2-3-21-20(30)14-23(34-21)29-26(32)19-15-28-25(27)18-13-22(35-24(18)19)16-4-6-17(7-5-16)31-9-11-33-12-10-31/h2-8,13-15,23H,9-12H2,1H3,(H2,27,28)(H,29,32). The summed E-state index contributed by atoms with van der Waals surface area (Å²) in [5.74, 6) is 0.285. The molecule has 3 aromatic rings. The summed E-state index contributed by atoms with van der Waals surface area (Å²) in [7, 11) is 2.01. The molecule has 3 N–H and O–H groups in total. The number of fused-ring (bicyclic) bond motifs is 2. The van der Waals surface area contributed by atoms with E-state index in [0.717, 1.165) is 57.4 Å². The van der Waals surface area contributed by atoms with E-state index < -0.39 is 0 Å². The van der Waals surface area contributed by atoms with Crippen molar-refractivity contribution < 1.29 is 9.53 Å². The second-order valence-electron chi connectivity index (χ2n) is 8.60. The van der Waals surface area contributed by atoms with Crippen LogP contribution in [0.25, 0.3) is 20.5 Å². The third-order valence-corrected chi connectivity index (χ3v) is 8.71. The first-order valence-corrected chi connectivity index (χ1v) is 13.2. The van der Waals surface area contributed by atoms with E-state index in [4.69, 9.17) is 10.5 Å². The zero-order valence-electron chi connectivity index (χ0n) is 19.2. The van der Waals surface area contributed by atoms with Crippen LogP contribution in [0, 0.1) is 0 Å². The number of hydrogen-bond donors (Lipinski definition) is 2. The molecule has 6 rings (SSSR count). The van der Waals surface area contributed by atoms with Crippen LogP contribution in [0.15, 0.2) is 71.6 Å². The number of hydrogen-bond acceptors (Lipinski definition) is 8. The molecule has 2 aromatic heterocycles. The van der Waals surface area contributed by atoms with E-state index in [1.165, 1.54) is 5.69 Å². The number of rotatable bonds is 4. The average molecular weight is 504 g/mol. The van der Waals surface area contributed by atoms with E-state index in [1.807, 2.05) is 25.4 Å². The van der Waals surface area contributed by atoms with Crippen molar-refractivity contribution in [2.24, 2.45) is 0 Å². The van der Waals surface area contributed by atoms with E-state index in [1.54, 1.807) is 29.3 Å². The monoisotopic (exact) mass is 503 g/mol. The van der Waals surface area contributed by atoms with Crippen LogP contribution in [0.2, 0.25) is 0 Å². The molecule has 1 amide bonds. The molecule has 0 radical (unpaired) electrons. The zero-order valence-corrected chi connectivity index (χ0v) is 20.9. The average Bonchev–Trinajstić information content (AvgIpc) is 3.51. The Morgan fingerprint density at radius 1 is 1.23 bits per heavy atom. The first-order chi connectivity index (χ1) is 17.1. The highest BCUT2D eigenvalue weighted by atomic mass is 32.2. The van der Waals surface area contributed by atoms with Crippen LogP contribution in [-0.2, 0) is 4.74 Å². The molecule has 1 fully saturated rings. The van der Waals surface area contributed by atoms with E-state index in [-0.39, 0.29) is 11.3 Å². The van der Waals surface area contributed by atoms with Gasteiger partial charge in [0.2, 0.25) is 0 Å². The molecule has 1 aromatic carbocycles. The van der Waals surface area contributed by atoms with Gasteiger partial charge < -0.3 is 25.6 Å². The van der Waals surface area contributed by atoms with Crippen LogP contribution in [-0.4, -0.2) is 54.5 Å². The van der Waals surface area contributed by atoms with Crippen LogP contribution in [0.3, 0.4) is 0 Å². The SMILES string of the molecule is CN1C=CC=C2SC(NC(=O)c3cnc(N)c4cc(-c5ccc(N6CCOCC6)cc5)sc34)C=C21. The summed E-state index contributed by atoms with van der Waals surface area (Å²) in [6.07, 6.45) is 9.75. The Morgan fingerprint density at radius 2 is 2.03 bits per heavy atom. The van der Waals surface area contributed by atoms with Crippen LogP contribution in [0.4, 0.5) is 11.5 Å². The molecule has 0 saturated carbocycles. The summed E-state index contributed by atoms with van der Waals surface area (Å²) >= 11 is 3.21. The van der Waals surface area contributed by atoms with Gasteiger partial charge in [-0.2, -0.15) is 0 Å². The van der Waals surface area contributed by atoms with Gasteiger partial charge in [0.05, 0.1) is 29.2 Å². The lowest BCUT2D eigenvalue weighted by molar-refractivity contribution is 0.0956. The summed E-state index contributed by atoms with van der Waals surface area (Å²) < 4.78 is 6.31. The fourth-order valence-corrected chi connectivity index (χ4v) is 6.80. The highest BCUT2D eigenvalue weighted by molar-refractivity contribution is 8.04. The molecular formula is C26H25N5O2S2. The summed E-state index contributed by atoms with van der Waals surface area (Å²) in [4.78, 5) is 24.2. The largest absolute Gasteiger partial charge is 0.383 e. The molecule has 3 aliphatic rings. The molecule has 9 heteroatoms. The maximum Gasteiger partial charge on any atom is 0.255 e. The number of aromatic nitrogens is 1. The number of amides is 1. The number of nitrogen functional groups attached to an aromatic ring is 1. The van der Waals surface area contributed by atoms with Gasteiger partial charge in [0.15, 0.2) is 0 Å². The Morgan fingerprint density at radius 3 is 2.80 bits per heavy atom. The first-order valence-electron chi connectivity index (χ1n) is 11.5. The Kier molecular flexibility index (Phi) is 5.75. The third kappa shape index (κ3) is 4.20. The summed E-state index contributed by atoms with van der Waals surface area (Å²) in [5.41, 5.74) is 10.2. The lowest BCUT2D eigenvalue weighted by atomic mass is 10.1. The van der Waals surface area contributed by atoms with Gasteiger partial charge in [-0.3, -0.25) is 4.79 Å². The van der Waals surface area contributed by atoms with Crippen LogP contribution in [0.1, 0.15) is 10.4 Å². The normalized spacial score (nSPS) is 19.5. The molecule has 7 nitrogen and oxygen atoms in total. The number of pyridine rings is 1. The maximum atomic E-state index is 13.3. The molecule has 0 aliphatic carbocycles. The van der Waals surface area contributed by atoms with Crippen LogP contribution < -0.4 is 16.0 Å². The van der Waals surface area contributed by atoms with E-state index in [9.17, 15) is 4.79 Å². The summed E-state index contributed by atoms with van der Waals surface area (Å²) in [5, 5.41) is 3.82.